The molecule has 0 unspecified atom stereocenters. The molecule has 1 fully saturated rings. The minimum Gasteiger partial charge on any atom is -0.362 e. The number of aryl methyl sites for hydroxylation is 1. The number of rotatable bonds is 6. The third kappa shape index (κ3) is 5.10. The minimum atomic E-state index is 0.727. The van der Waals surface area contributed by atoms with Crippen molar-refractivity contribution in [2.45, 2.75) is 32.6 Å². The van der Waals surface area contributed by atoms with Crippen molar-refractivity contribution in [3.05, 3.63) is 29.8 Å². The highest BCUT2D eigenvalue weighted by Crippen LogP contribution is 2.09. The summed E-state index contributed by atoms with van der Waals surface area (Å²) in [5, 5.41) is 7.25. The van der Waals surface area contributed by atoms with Gasteiger partial charge in [-0.05, 0) is 36.3 Å². The van der Waals surface area contributed by atoms with Gasteiger partial charge in [0.05, 0.1) is 19.6 Å². The lowest BCUT2D eigenvalue weighted by molar-refractivity contribution is -0.887. The number of likely N-dealkylation sites (tertiary alicyclic amines) is 1. The van der Waals surface area contributed by atoms with Crippen LogP contribution in [0.15, 0.2) is 24.3 Å². The molecule has 4 heteroatoms. The van der Waals surface area contributed by atoms with Gasteiger partial charge >= 0.3 is 0 Å². The maximum Gasteiger partial charge on any atom is 0.170 e. The summed E-state index contributed by atoms with van der Waals surface area (Å²) in [6.07, 6.45) is 5.06. The molecule has 3 nitrogen and oxygen atoms in total. The van der Waals surface area contributed by atoms with E-state index in [-0.39, 0.29) is 0 Å². The average Bonchev–Trinajstić information content (AvgIpc) is 2.98. The highest BCUT2D eigenvalue weighted by molar-refractivity contribution is 7.80. The largest absolute Gasteiger partial charge is 0.362 e. The summed E-state index contributed by atoms with van der Waals surface area (Å²) < 4.78 is 0. The lowest BCUT2D eigenvalue weighted by Gasteiger charge is -2.13. The smallest absolute Gasteiger partial charge is 0.170 e. The Morgan fingerprint density at radius 1 is 1.20 bits per heavy atom. The van der Waals surface area contributed by atoms with Gasteiger partial charge in [0.15, 0.2) is 5.11 Å². The number of hydrogen-bond acceptors (Lipinski definition) is 1. The summed E-state index contributed by atoms with van der Waals surface area (Å²) in [4.78, 5) is 1.75. The van der Waals surface area contributed by atoms with E-state index in [4.69, 9.17) is 12.2 Å². The van der Waals surface area contributed by atoms with Gasteiger partial charge in [-0.15, -0.1) is 0 Å². The van der Waals surface area contributed by atoms with Crippen LogP contribution < -0.4 is 15.5 Å². The molecule has 20 heavy (non-hydrogen) atoms. The summed E-state index contributed by atoms with van der Waals surface area (Å²) in [7, 11) is 0. The molecule has 1 aliphatic heterocycles. The first-order chi connectivity index (χ1) is 9.78. The molecular weight excluding hydrogens is 266 g/mol. The van der Waals surface area contributed by atoms with Gasteiger partial charge in [-0.2, -0.15) is 0 Å². The molecular formula is C16H26N3S+. The molecule has 1 aromatic rings. The molecule has 0 saturated carbocycles. The standard InChI is InChI=1S/C16H25N3S/c1-2-14-6-8-15(9-7-14)18-16(20)17-10-5-13-19-11-3-4-12-19/h6-9H,2-5,10-13H2,1H3,(H2,17,18,20)/p+1. The first-order valence-electron chi connectivity index (χ1n) is 7.75. The van der Waals surface area contributed by atoms with Crippen LogP contribution >= 0.6 is 12.2 Å². The van der Waals surface area contributed by atoms with Gasteiger partial charge in [-0.1, -0.05) is 19.1 Å². The molecule has 0 aromatic heterocycles. The van der Waals surface area contributed by atoms with Crippen LogP contribution in [0.4, 0.5) is 5.69 Å². The van der Waals surface area contributed by atoms with Gasteiger partial charge in [0.25, 0.3) is 0 Å². The van der Waals surface area contributed by atoms with Crippen LogP contribution in [0.1, 0.15) is 31.7 Å². The normalized spacial score (nSPS) is 15.2. The van der Waals surface area contributed by atoms with E-state index in [1.54, 1.807) is 4.90 Å². The van der Waals surface area contributed by atoms with Crippen molar-refractivity contribution in [3.63, 3.8) is 0 Å². The Hall–Kier alpha value is -1.13. The van der Waals surface area contributed by atoms with Crippen molar-refractivity contribution in [2.24, 2.45) is 0 Å². The quantitative estimate of drug-likeness (QED) is 0.549. The van der Waals surface area contributed by atoms with E-state index in [0.717, 1.165) is 23.8 Å². The van der Waals surface area contributed by atoms with E-state index < -0.39 is 0 Å². The van der Waals surface area contributed by atoms with Crippen molar-refractivity contribution >= 4 is 23.0 Å². The zero-order valence-electron chi connectivity index (χ0n) is 12.4. The third-order valence-corrected chi connectivity index (χ3v) is 4.17. The topological polar surface area (TPSA) is 28.5 Å². The molecule has 110 valence electrons. The van der Waals surface area contributed by atoms with Gasteiger partial charge in [0, 0.05) is 31.5 Å². The number of quaternary nitrogens is 1. The molecule has 0 spiro atoms. The Labute approximate surface area is 127 Å². The second-order valence-corrected chi connectivity index (χ2v) is 5.90. The summed E-state index contributed by atoms with van der Waals surface area (Å²) >= 11 is 5.32. The summed E-state index contributed by atoms with van der Waals surface area (Å²) in [5.74, 6) is 0. The Balaban J connectivity index is 1.61. The molecule has 1 aromatic carbocycles. The van der Waals surface area contributed by atoms with Gasteiger partial charge < -0.3 is 15.5 Å². The monoisotopic (exact) mass is 292 g/mol. The summed E-state index contributed by atoms with van der Waals surface area (Å²) in [6.45, 7) is 7.10. The Bertz CT molecular complexity index is 410. The molecule has 0 radical (unpaired) electrons. The van der Waals surface area contributed by atoms with Crippen molar-refractivity contribution in [2.75, 3.05) is 31.5 Å². The minimum absolute atomic E-state index is 0.727. The van der Waals surface area contributed by atoms with Gasteiger partial charge in [0.1, 0.15) is 0 Å². The van der Waals surface area contributed by atoms with E-state index in [9.17, 15) is 0 Å². The molecule has 3 N–H and O–H groups in total. The zero-order valence-corrected chi connectivity index (χ0v) is 13.2. The van der Waals surface area contributed by atoms with E-state index in [0.29, 0.717) is 0 Å². The van der Waals surface area contributed by atoms with Gasteiger partial charge in [0.2, 0.25) is 0 Å². The molecule has 1 heterocycles. The highest BCUT2D eigenvalue weighted by Gasteiger charge is 2.13. The van der Waals surface area contributed by atoms with Crippen LogP contribution in [0, 0.1) is 0 Å². The Morgan fingerprint density at radius 2 is 1.90 bits per heavy atom. The van der Waals surface area contributed by atoms with Gasteiger partial charge in [-0.25, -0.2) is 0 Å². The summed E-state index contributed by atoms with van der Waals surface area (Å²) in [5.41, 5.74) is 2.41. The molecule has 1 saturated heterocycles. The van der Waals surface area contributed by atoms with E-state index in [1.165, 1.54) is 44.5 Å². The van der Waals surface area contributed by atoms with E-state index in [2.05, 4.69) is 41.8 Å². The van der Waals surface area contributed by atoms with Crippen LogP contribution in [-0.2, 0) is 6.42 Å². The fourth-order valence-corrected chi connectivity index (χ4v) is 2.88. The first-order valence-corrected chi connectivity index (χ1v) is 8.16. The van der Waals surface area contributed by atoms with Crippen molar-refractivity contribution < 1.29 is 4.90 Å². The van der Waals surface area contributed by atoms with Crippen LogP contribution in [-0.4, -0.2) is 31.3 Å². The number of hydrogen-bond donors (Lipinski definition) is 3. The predicted octanol–water partition coefficient (Wildman–Crippen LogP) is 1.60. The fourth-order valence-electron chi connectivity index (χ4n) is 2.66. The average molecular weight is 292 g/mol. The first kappa shape index (κ1) is 15.3. The number of benzene rings is 1. The van der Waals surface area contributed by atoms with Crippen LogP contribution in [0.5, 0.6) is 0 Å². The zero-order chi connectivity index (χ0) is 14.2. The molecule has 2 rings (SSSR count). The molecule has 0 amide bonds. The van der Waals surface area contributed by atoms with Crippen LogP contribution in [0.3, 0.4) is 0 Å². The molecule has 1 aliphatic rings. The van der Waals surface area contributed by atoms with Crippen molar-refractivity contribution in [3.8, 4) is 0 Å². The second kappa shape index (κ2) is 8.22. The lowest BCUT2D eigenvalue weighted by atomic mass is 10.1. The van der Waals surface area contributed by atoms with Gasteiger partial charge in [-0.3, -0.25) is 0 Å². The van der Waals surface area contributed by atoms with Crippen molar-refractivity contribution in [1.29, 1.82) is 0 Å². The molecule has 0 aliphatic carbocycles. The maximum atomic E-state index is 5.32. The maximum absolute atomic E-state index is 5.32. The van der Waals surface area contributed by atoms with Crippen LogP contribution in [0.25, 0.3) is 0 Å². The molecule has 0 bridgehead atoms. The fraction of sp³-hybridized carbons (Fsp3) is 0.562. The third-order valence-electron chi connectivity index (χ3n) is 3.92. The van der Waals surface area contributed by atoms with Crippen molar-refractivity contribution in [1.82, 2.24) is 5.32 Å². The molecule has 0 atom stereocenters. The Kier molecular flexibility index (Phi) is 6.27. The summed E-state index contributed by atoms with van der Waals surface area (Å²) in [6, 6.07) is 8.45. The number of nitrogens with one attached hydrogen (secondary N) is 3. The Morgan fingerprint density at radius 3 is 2.55 bits per heavy atom. The van der Waals surface area contributed by atoms with E-state index >= 15 is 0 Å². The number of thiocarbonyl (C=S) groups is 1. The second-order valence-electron chi connectivity index (χ2n) is 5.49. The predicted molar refractivity (Wildman–Crippen MR) is 89.5 cm³/mol. The lowest BCUT2D eigenvalue weighted by Crippen LogP contribution is -3.10. The number of anilines is 1. The highest BCUT2D eigenvalue weighted by atomic mass is 32.1. The van der Waals surface area contributed by atoms with Crippen LogP contribution in [0.2, 0.25) is 0 Å². The SMILES string of the molecule is CCc1ccc(NC(=S)NCCC[NH+]2CCCC2)cc1. The van der Waals surface area contributed by atoms with E-state index in [1.807, 2.05) is 0 Å².